The Kier molecular flexibility index (Phi) is 3.84. The molecule has 2 heterocycles. The highest BCUT2D eigenvalue weighted by atomic mass is 16.5. The number of carbonyl (C=O) groups is 2. The van der Waals surface area contributed by atoms with Gasteiger partial charge in [-0.3, -0.25) is 9.48 Å². The minimum Gasteiger partial charge on any atom is -0.480 e. The summed E-state index contributed by atoms with van der Waals surface area (Å²) in [6, 6.07) is 0.378. The Morgan fingerprint density at radius 2 is 2.26 bits per heavy atom. The predicted octanol–water partition coefficient (Wildman–Crippen LogP) is 0.145. The van der Waals surface area contributed by atoms with Crippen molar-refractivity contribution in [2.24, 2.45) is 0 Å². The van der Waals surface area contributed by atoms with E-state index in [2.05, 4.69) is 5.10 Å². The summed E-state index contributed by atoms with van der Waals surface area (Å²) < 4.78 is 6.68. The molecule has 1 N–H and O–H groups in total. The fourth-order valence-electron chi connectivity index (χ4n) is 2.31. The second kappa shape index (κ2) is 5.40. The number of amides is 1. The summed E-state index contributed by atoms with van der Waals surface area (Å²) in [7, 11) is 1.52. The third-order valence-electron chi connectivity index (χ3n) is 3.44. The van der Waals surface area contributed by atoms with E-state index < -0.39 is 18.1 Å². The number of rotatable bonds is 4. The Labute approximate surface area is 110 Å². The first-order chi connectivity index (χ1) is 9.04. The smallest absolute Gasteiger partial charge is 0.326 e. The highest BCUT2D eigenvalue weighted by molar-refractivity contribution is 5.86. The van der Waals surface area contributed by atoms with Crippen LogP contribution in [0.5, 0.6) is 0 Å². The molecule has 7 heteroatoms. The first-order valence-electron chi connectivity index (χ1n) is 6.09. The number of hydrogen-bond donors (Lipinski definition) is 1. The molecule has 0 saturated carbocycles. The Hall–Kier alpha value is -1.89. The number of carboxylic acid groups (broad SMARTS) is 1. The monoisotopic (exact) mass is 267 g/mol. The standard InChI is InChI=1S/C12H17N3O4/c1-8(15-5-3-4-13-15)11(16)14-7-9(19-2)6-10(14)12(17)18/h3-5,8-10H,6-7H2,1-2H3,(H,17,18). The minimum absolute atomic E-state index is 0.227. The number of aromatic nitrogens is 2. The molecule has 3 atom stereocenters. The Bertz CT molecular complexity index is 460. The first kappa shape index (κ1) is 13.5. The third-order valence-corrected chi connectivity index (χ3v) is 3.44. The van der Waals surface area contributed by atoms with Gasteiger partial charge in [0.05, 0.1) is 6.10 Å². The van der Waals surface area contributed by atoms with Gasteiger partial charge in [0.15, 0.2) is 0 Å². The molecule has 1 saturated heterocycles. The van der Waals surface area contributed by atoms with Crippen LogP contribution in [0.3, 0.4) is 0 Å². The van der Waals surface area contributed by atoms with Crippen LogP contribution in [-0.2, 0) is 14.3 Å². The lowest BCUT2D eigenvalue weighted by atomic mass is 10.2. The number of carbonyl (C=O) groups excluding carboxylic acids is 1. The van der Waals surface area contributed by atoms with Crippen LogP contribution in [0.25, 0.3) is 0 Å². The normalized spacial score (nSPS) is 24.4. The van der Waals surface area contributed by atoms with Crippen LogP contribution < -0.4 is 0 Å². The Balaban J connectivity index is 2.15. The molecule has 19 heavy (non-hydrogen) atoms. The molecule has 7 nitrogen and oxygen atoms in total. The molecule has 104 valence electrons. The predicted molar refractivity (Wildman–Crippen MR) is 65.5 cm³/mol. The van der Waals surface area contributed by atoms with Crippen LogP contribution in [0.1, 0.15) is 19.4 Å². The van der Waals surface area contributed by atoms with Crippen LogP contribution in [0.2, 0.25) is 0 Å². The van der Waals surface area contributed by atoms with Gasteiger partial charge in [-0.25, -0.2) is 4.79 Å². The van der Waals surface area contributed by atoms with Crippen LogP contribution in [0.15, 0.2) is 18.5 Å². The summed E-state index contributed by atoms with van der Waals surface area (Å²) in [6.45, 7) is 2.01. The summed E-state index contributed by atoms with van der Waals surface area (Å²) in [5, 5.41) is 13.2. The average Bonchev–Trinajstić information content (AvgIpc) is 3.05. The summed E-state index contributed by atoms with van der Waals surface area (Å²) >= 11 is 0. The van der Waals surface area contributed by atoms with Crippen molar-refractivity contribution < 1.29 is 19.4 Å². The van der Waals surface area contributed by atoms with Crippen LogP contribution in [0, 0.1) is 0 Å². The molecular formula is C12H17N3O4. The third kappa shape index (κ3) is 2.60. The van der Waals surface area contributed by atoms with E-state index >= 15 is 0 Å². The van der Waals surface area contributed by atoms with E-state index in [0.29, 0.717) is 13.0 Å². The van der Waals surface area contributed by atoms with E-state index in [0.717, 1.165) is 0 Å². The molecule has 1 aliphatic heterocycles. The topological polar surface area (TPSA) is 84.7 Å². The fourth-order valence-corrected chi connectivity index (χ4v) is 2.31. The quantitative estimate of drug-likeness (QED) is 0.839. The van der Waals surface area contributed by atoms with Gasteiger partial charge >= 0.3 is 5.97 Å². The fraction of sp³-hybridized carbons (Fsp3) is 0.583. The van der Waals surface area contributed by atoms with Crippen molar-refractivity contribution in [2.75, 3.05) is 13.7 Å². The molecule has 0 spiro atoms. The SMILES string of the molecule is COC1CC(C(=O)O)N(C(=O)C(C)n2cccn2)C1. The number of likely N-dealkylation sites (tertiary alicyclic amines) is 1. The molecule has 0 radical (unpaired) electrons. The maximum Gasteiger partial charge on any atom is 0.326 e. The molecule has 1 aromatic heterocycles. The number of carboxylic acids is 1. The van der Waals surface area contributed by atoms with Gasteiger partial charge in [0, 0.05) is 32.5 Å². The second-order valence-electron chi connectivity index (χ2n) is 4.60. The van der Waals surface area contributed by atoms with Crippen LogP contribution in [-0.4, -0.2) is 57.5 Å². The largest absolute Gasteiger partial charge is 0.480 e. The van der Waals surface area contributed by atoms with E-state index in [-0.39, 0.29) is 12.0 Å². The van der Waals surface area contributed by atoms with Gasteiger partial charge in [0.25, 0.3) is 0 Å². The lowest BCUT2D eigenvalue weighted by molar-refractivity contribution is -0.149. The molecule has 0 bridgehead atoms. The number of methoxy groups -OCH3 is 1. The second-order valence-corrected chi connectivity index (χ2v) is 4.60. The Morgan fingerprint density at radius 3 is 2.79 bits per heavy atom. The summed E-state index contributed by atoms with van der Waals surface area (Å²) in [5.74, 6) is -1.25. The summed E-state index contributed by atoms with van der Waals surface area (Å²) in [5.41, 5.74) is 0. The lowest BCUT2D eigenvalue weighted by Gasteiger charge is -2.24. The van der Waals surface area contributed by atoms with E-state index in [1.165, 1.54) is 16.7 Å². The van der Waals surface area contributed by atoms with Crippen LogP contribution in [0.4, 0.5) is 0 Å². The summed E-state index contributed by atoms with van der Waals surface area (Å²) in [6.07, 6.45) is 3.36. The molecule has 1 aromatic rings. The zero-order valence-corrected chi connectivity index (χ0v) is 10.9. The maximum absolute atomic E-state index is 12.4. The molecule has 3 unspecified atom stereocenters. The molecule has 1 amide bonds. The van der Waals surface area contributed by atoms with Gasteiger partial charge in [-0.2, -0.15) is 5.10 Å². The van der Waals surface area contributed by atoms with Crippen LogP contribution >= 0.6 is 0 Å². The van der Waals surface area contributed by atoms with Gasteiger partial charge in [-0.1, -0.05) is 0 Å². The number of aliphatic carboxylic acids is 1. The number of nitrogens with zero attached hydrogens (tertiary/aromatic N) is 3. The van der Waals surface area contributed by atoms with E-state index in [1.54, 1.807) is 25.4 Å². The van der Waals surface area contributed by atoms with Gasteiger partial charge < -0.3 is 14.7 Å². The van der Waals surface area contributed by atoms with Crippen molar-refractivity contribution >= 4 is 11.9 Å². The molecule has 0 aliphatic carbocycles. The van der Waals surface area contributed by atoms with Crippen molar-refractivity contribution in [3.63, 3.8) is 0 Å². The zero-order valence-electron chi connectivity index (χ0n) is 10.9. The van der Waals surface area contributed by atoms with Crippen molar-refractivity contribution in [1.82, 2.24) is 14.7 Å². The molecule has 2 rings (SSSR count). The highest BCUT2D eigenvalue weighted by Gasteiger charge is 2.41. The molecule has 0 aromatic carbocycles. The lowest BCUT2D eigenvalue weighted by Crippen LogP contribution is -2.43. The molecular weight excluding hydrogens is 250 g/mol. The summed E-state index contributed by atoms with van der Waals surface area (Å²) in [4.78, 5) is 24.9. The average molecular weight is 267 g/mol. The van der Waals surface area contributed by atoms with E-state index in [4.69, 9.17) is 4.74 Å². The van der Waals surface area contributed by atoms with Crippen molar-refractivity contribution in [2.45, 2.75) is 31.5 Å². The number of ether oxygens (including phenoxy) is 1. The zero-order chi connectivity index (χ0) is 14.0. The number of hydrogen-bond acceptors (Lipinski definition) is 4. The maximum atomic E-state index is 12.4. The first-order valence-corrected chi connectivity index (χ1v) is 6.09. The van der Waals surface area contributed by atoms with E-state index in [9.17, 15) is 14.7 Å². The van der Waals surface area contributed by atoms with E-state index in [1.807, 2.05) is 0 Å². The molecule has 1 fully saturated rings. The van der Waals surface area contributed by atoms with Gasteiger partial charge in [-0.05, 0) is 13.0 Å². The van der Waals surface area contributed by atoms with Gasteiger partial charge in [0.2, 0.25) is 5.91 Å². The van der Waals surface area contributed by atoms with Crippen molar-refractivity contribution in [3.8, 4) is 0 Å². The van der Waals surface area contributed by atoms with Gasteiger partial charge in [0.1, 0.15) is 12.1 Å². The highest BCUT2D eigenvalue weighted by Crippen LogP contribution is 2.23. The minimum atomic E-state index is -0.999. The van der Waals surface area contributed by atoms with Crippen molar-refractivity contribution in [3.05, 3.63) is 18.5 Å². The van der Waals surface area contributed by atoms with Gasteiger partial charge in [-0.15, -0.1) is 0 Å². The Morgan fingerprint density at radius 1 is 1.53 bits per heavy atom. The van der Waals surface area contributed by atoms with Crippen molar-refractivity contribution in [1.29, 1.82) is 0 Å². The molecule has 1 aliphatic rings.